The van der Waals surface area contributed by atoms with Gasteiger partial charge in [-0.25, -0.2) is 0 Å². The second kappa shape index (κ2) is 7.90. The van der Waals surface area contributed by atoms with Crippen LogP contribution >= 0.6 is 0 Å². The number of pyridine rings is 1. The van der Waals surface area contributed by atoms with E-state index >= 15 is 0 Å². The van der Waals surface area contributed by atoms with Crippen LogP contribution in [0.15, 0.2) is 36.4 Å². The van der Waals surface area contributed by atoms with Gasteiger partial charge in [0.1, 0.15) is 0 Å². The summed E-state index contributed by atoms with van der Waals surface area (Å²) in [7, 11) is 0. The number of amides is 1. The Morgan fingerprint density at radius 1 is 1.00 bits per heavy atom. The number of benzene rings is 1. The first kappa shape index (κ1) is 16.4. The number of hydrogen-bond acceptors (Lipinski definition) is 3. The van der Waals surface area contributed by atoms with Crippen LogP contribution in [-0.4, -0.2) is 46.9 Å². The zero-order valence-corrected chi connectivity index (χ0v) is 13.7. The Morgan fingerprint density at radius 3 is 2.41 bits per heavy atom. The van der Waals surface area contributed by atoms with E-state index in [0.717, 1.165) is 29.7 Å². The third-order valence-corrected chi connectivity index (χ3v) is 4.00. The van der Waals surface area contributed by atoms with E-state index in [2.05, 4.69) is 35.9 Å². The molecule has 4 heteroatoms. The van der Waals surface area contributed by atoms with Gasteiger partial charge in [0.25, 0.3) is 0 Å². The lowest BCUT2D eigenvalue weighted by atomic mass is 10.2. The summed E-state index contributed by atoms with van der Waals surface area (Å²) in [6, 6.07) is 12.1. The minimum absolute atomic E-state index is 0.168. The van der Waals surface area contributed by atoms with E-state index in [9.17, 15) is 4.79 Å². The molecule has 0 saturated heterocycles. The average Bonchev–Trinajstić information content (AvgIpc) is 2.57. The van der Waals surface area contributed by atoms with Gasteiger partial charge >= 0.3 is 0 Å². The van der Waals surface area contributed by atoms with E-state index in [1.54, 1.807) is 0 Å². The van der Waals surface area contributed by atoms with Crippen molar-refractivity contribution in [2.45, 2.75) is 27.3 Å². The molecule has 0 saturated carbocycles. The van der Waals surface area contributed by atoms with Crippen LogP contribution in [0.2, 0.25) is 0 Å². The minimum Gasteiger partial charge on any atom is -0.336 e. The molecule has 2 rings (SSSR count). The number of nitrogens with zero attached hydrogens (tertiary/aromatic N) is 3. The van der Waals surface area contributed by atoms with Crippen molar-refractivity contribution in [2.75, 3.05) is 26.2 Å². The van der Waals surface area contributed by atoms with Gasteiger partial charge in [-0.05, 0) is 32.1 Å². The lowest BCUT2D eigenvalue weighted by molar-refractivity contribution is -0.132. The number of para-hydroxylation sites is 1. The molecular weight excluding hydrogens is 274 g/mol. The number of hydrogen-bond donors (Lipinski definition) is 0. The summed E-state index contributed by atoms with van der Waals surface area (Å²) in [6.45, 7) is 9.73. The maximum Gasteiger partial charge on any atom is 0.237 e. The van der Waals surface area contributed by atoms with Crippen LogP contribution in [-0.2, 0) is 11.3 Å². The molecule has 0 atom stereocenters. The minimum atomic E-state index is 0.168. The van der Waals surface area contributed by atoms with Crippen molar-refractivity contribution in [1.29, 1.82) is 0 Å². The largest absolute Gasteiger partial charge is 0.336 e. The summed E-state index contributed by atoms with van der Waals surface area (Å²) < 4.78 is 0. The molecule has 0 bridgehead atoms. The van der Waals surface area contributed by atoms with Crippen molar-refractivity contribution in [3.8, 4) is 0 Å². The van der Waals surface area contributed by atoms with Gasteiger partial charge in [0, 0.05) is 11.9 Å². The van der Waals surface area contributed by atoms with E-state index in [0.29, 0.717) is 19.6 Å². The number of fused-ring (bicyclic) bond motifs is 1. The predicted molar refractivity (Wildman–Crippen MR) is 90.6 cm³/mol. The summed E-state index contributed by atoms with van der Waals surface area (Å²) in [5, 5.41) is 1.13. The van der Waals surface area contributed by atoms with Crippen LogP contribution in [0, 0.1) is 0 Å². The topological polar surface area (TPSA) is 36.4 Å². The number of aromatic nitrogens is 1. The summed E-state index contributed by atoms with van der Waals surface area (Å²) in [5.41, 5.74) is 1.92. The van der Waals surface area contributed by atoms with Crippen molar-refractivity contribution >= 4 is 16.8 Å². The van der Waals surface area contributed by atoms with Crippen molar-refractivity contribution < 1.29 is 4.79 Å². The second-order valence-electron chi connectivity index (χ2n) is 5.36. The quantitative estimate of drug-likeness (QED) is 0.789. The number of rotatable bonds is 7. The lowest BCUT2D eigenvalue weighted by Gasteiger charge is -2.25. The van der Waals surface area contributed by atoms with E-state index in [1.165, 1.54) is 0 Å². The molecule has 0 spiro atoms. The molecule has 1 aromatic carbocycles. The molecule has 22 heavy (non-hydrogen) atoms. The normalized spacial score (nSPS) is 11.1. The maximum atomic E-state index is 12.4. The summed E-state index contributed by atoms with van der Waals surface area (Å²) in [5.74, 6) is 0.168. The highest BCUT2D eigenvalue weighted by molar-refractivity contribution is 5.79. The molecule has 0 unspecified atom stereocenters. The second-order valence-corrected chi connectivity index (χ2v) is 5.36. The van der Waals surface area contributed by atoms with E-state index < -0.39 is 0 Å². The van der Waals surface area contributed by atoms with Gasteiger partial charge in [0.05, 0.1) is 24.3 Å². The average molecular weight is 299 g/mol. The van der Waals surface area contributed by atoms with E-state index in [4.69, 9.17) is 0 Å². The van der Waals surface area contributed by atoms with Crippen molar-refractivity contribution in [1.82, 2.24) is 14.8 Å². The zero-order valence-electron chi connectivity index (χ0n) is 13.7. The van der Waals surface area contributed by atoms with Crippen LogP contribution in [0.25, 0.3) is 10.9 Å². The highest BCUT2D eigenvalue weighted by Gasteiger charge is 2.15. The molecule has 0 N–H and O–H groups in total. The van der Waals surface area contributed by atoms with Gasteiger partial charge in [0.15, 0.2) is 0 Å². The van der Waals surface area contributed by atoms with Gasteiger partial charge in [-0.2, -0.15) is 0 Å². The Hall–Kier alpha value is -1.94. The monoisotopic (exact) mass is 299 g/mol. The molecule has 0 aliphatic heterocycles. The standard InChI is InChI=1S/C18H25N3O/c1-4-20(5-2)14-18(22)21(6-3)13-16-12-11-15-9-7-8-10-17(15)19-16/h7-12H,4-6,13-14H2,1-3H3. The molecule has 1 amide bonds. The van der Waals surface area contributed by atoms with Crippen LogP contribution in [0.4, 0.5) is 0 Å². The van der Waals surface area contributed by atoms with E-state index in [-0.39, 0.29) is 5.91 Å². The summed E-state index contributed by atoms with van der Waals surface area (Å²) in [6.07, 6.45) is 0. The van der Waals surface area contributed by atoms with Crippen molar-refractivity contribution in [3.05, 3.63) is 42.1 Å². The molecule has 1 aromatic heterocycles. The van der Waals surface area contributed by atoms with Gasteiger partial charge < -0.3 is 4.90 Å². The Balaban J connectivity index is 2.09. The van der Waals surface area contributed by atoms with E-state index in [1.807, 2.05) is 36.1 Å². The Bertz CT molecular complexity index is 623. The number of carbonyl (C=O) groups is 1. The highest BCUT2D eigenvalue weighted by Crippen LogP contribution is 2.13. The molecule has 0 radical (unpaired) electrons. The van der Waals surface area contributed by atoms with Crippen LogP contribution < -0.4 is 0 Å². The molecule has 118 valence electrons. The Labute approximate surface area is 132 Å². The fraction of sp³-hybridized carbons (Fsp3) is 0.444. The first-order valence-corrected chi connectivity index (χ1v) is 8.02. The zero-order chi connectivity index (χ0) is 15.9. The fourth-order valence-corrected chi connectivity index (χ4v) is 2.51. The first-order chi connectivity index (χ1) is 10.7. The van der Waals surface area contributed by atoms with Crippen LogP contribution in [0.1, 0.15) is 26.5 Å². The molecular formula is C18H25N3O. The lowest BCUT2D eigenvalue weighted by Crippen LogP contribution is -2.40. The van der Waals surface area contributed by atoms with Gasteiger partial charge in [0.2, 0.25) is 5.91 Å². The molecule has 4 nitrogen and oxygen atoms in total. The fourth-order valence-electron chi connectivity index (χ4n) is 2.51. The third-order valence-electron chi connectivity index (χ3n) is 4.00. The highest BCUT2D eigenvalue weighted by atomic mass is 16.2. The van der Waals surface area contributed by atoms with Crippen molar-refractivity contribution in [2.24, 2.45) is 0 Å². The Morgan fingerprint density at radius 2 is 1.73 bits per heavy atom. The molecule has 0 fully saturated rings. The molecule has 0 aliphatic rings. The summed E-state index contributed by atoms with van der Waals surface area (Å²) >= 11 is 0. The molecule has 1 heterocycles. The smallest absolute Gasteiger partial charge is 0.237 e. The molecule has 0 aliphatic carbocycles. The SMILES string of the molecule is CCN(CC)CC(=O)N(CC)Cc1ccc2ccccc2n1. The molecule has 2 aromatic rings. The number of likely N-dealkylation sites (N-methyl/N-ethyl adjacent to an activating group) is 2. The van der Waals surface area contributed by atoms with Crippen LogP contribution in [0.5, 0.6) is 0 Å². The van der Waals surface area contributed by atoms with Gasteiger partial charge in [-0.15, -0.1) is 0 Å². The van der Waals surface area contributed by atoms with Gasteiger partial charge in [-0.1, -0.05) is 38.1 Å². The first-order valence-electron chi connectivity index (χ1n) is 8.02. The number of carbonyl (C=O) groups excluding carboxylic acids is 1. The van der Waals surface area contributed by atoms with Crippen LogP contribution in [0.3, 0.4) is 0 Å². The predicted octanol–water partition coefficient (Wildman–Crippen LogP) is 2.93. The van der Waals surface area contributed by atoms with Crippen molar-refractivity contribution in [3.63, 3.8) is 0 Å². The third kappa shape index (κ3) is 4.04. The Kier molecular flexibility index (Phi) is 5.90. The van der Waals surface area contributed by atoms with Gasteiger partial charge in [-0.3, -0.25) is 14.7 Å². The maximum absolute atomic E-state index is 12.4. The summed E-state index contributed by atoms with van der Waals surface area (Å²) in [4.78, 5) is 21.1.